The summed E-state index contributed by atoms with van der Waals surface area (Å²) in [5.41, 5.74) is 4.80. The number of nitrogens with two attached hydrogens (primary N) is 1. The zero-order valence-electron chi connectivity index (χ0n) is 11.0. The molecule has 0 saturated heterocycles. The van der Waals surface area contributed by atoms with E-state index < -0.39 is 29.4 Å². The van der Waals surface area contributed by atoms with Gasteiger partial charge in [0.15, 0.2) is 0 Å². The number of aryl methyl sites for hydroxylation is 1. The van der Waals surface area contributed by atoms with Crippen LogP contribution in [0.25, 0.3) is 0 Å². The highest BCUT2D eigenvalue weighted by atomic mass is 19.4. The molecule has 2 N–H and O–H groups in total. The monoisotopic (exact) mass is 301 g/mol. The lowest BCUT2D eigenvalue weighted by Gasteiger charge is -2.17. The zero-order valence-corrected chi connectivity index (χ0v) is 11.0. The minimum Gasteiger partial charge on any atom is -0.320 e. The second-order valence-electron chi connectivity index (χ2n) is 4.69. The molecule has 0 saturated carbocycles. The number of benzene rings is 2. The minimum absolute atomic E-state index is 0.00627. The molecule has 2 aromatic rings. The van der Waals surface area contributed by atoms with E-state index in [1.807, 2.05) is 0 Å². The summed E-state index contributed by atoms with van der Waals surface area (Å²) in [6.45, 7) is 1.53. The fourth-order valence-corrected chi connectivity index (χ4v) is 2.04. The van der Waals surface area contributed by atoms with Crippen LogP contribution in [0.2, 0.25) is 0 Å². The number of rotatable bonds is 2. The normalized spacial score (nSPS) is 13.3. The standard InChI is InChI=1S/C15H12F5N/c1-8-3-2-4-10(13(8)17)14(21)9-5-6-12(16)11(7-9)15(18,19)20/h2-7,14H,21H2,1H3. The highest BCUT2D eigenvalue weighted by Gasteiger charge is 2.34. The van der Waals surface area contributed by atoms with E-state index in [0.717, 1.165) is 6.07 Å². The van der Waals surface area contributed by atoms with Crippen molar-refractivity contribution in [3.63, 3.8) is 0 Å². The molecule has 0 aromatic heterocycles. The predicted molar refractivity (Wildman–Crippen MR) is 68.6 cm³/mol. The number of hydrogen-bond donors (Lipinski definition) is 1. The van der Waals surface area contributed by atoms with E-state index in [-0.39, 0.29) is 11.1 Å². The molecule has 0 fully saturated rings. The maximum Gasteiger partial charge on any atom is 0.419 e. The quantitative estimate of drug-likeness (QED) is 0.820. The van der Waals surface area contributed by atoms with Crippen molar-refractivity contribution in [2.24, 2.45) is 5.73 Å². The van der Waals surface area contributed by atoms with E-state index in [1.54, 1.807) is 6.07 Å². The van der Waals surface area contributed by atoms with Crippen molar-refractivity contribution < 1.29 is 22.0 Å². The van der Waals surface area contributed by atoms with Gasteiger partial charge < -0.3 is 5.73 Å². The van der Waals surface area contributed by atoms with Crippen LogP contribution in [-0.4, -0.2) is 0 Å². The maximum absolute atomic E-state index is 14.0. The summed E-state index contributed by atoms with van der Waals surface area (Å²) in [5.74, 6) is -1.97. The van der Waals surface area contributed by atoms with Crippen LogP contribution in [0, 0.1) is 18.6 Å². The van der Waals surface area contributed by atoms with Crippen molar-refractivity contribution in [2.75, 3.05) is 0 Å². The van der Waals surface area contributed by atoms with Crippen LogP contribution in [0.4, 0.5) is 22.0 Å². The molecule has 2 rings (SSSR count). The van der Waals surface area contributed by atoms with E-state index in [1.165, 1.54) is 19.1 Å². The van der Waals surface area contributed by atoms with Crippen LogP contribution < -0.4 is 5.73 Å². The van der Waals surface area contributed by atoms with Gasteiger partial charge in [-0.25, -0.2) is 8.78 Å². The molecule has 0 aliphatic heterocycles. The molecule has 112 valence electrons. The topological polar surface area (TPSA) is 26.0 Å². The Morgan fingerprint density at radius 3 is 2.33 bits per heavy atom. The highest BCUT2D eigenvalue weighted by Crippen LogP contribution is 2.34. The lowest BCUT2D eigenvalue weighted by atomic mass is 9.96. The Balaban J connectivity index is 2.49. The van der Waals surface area contributed by atoms with Crippen molar-refractivity contribution in [3.05, 3.63) is 70.3 Å². The Kier molecular flexibility index (Phi) is 4.00. The van der Waals surface area contributed by atoms with Crippen molar-refractivity contribution in [1.82, 2.24) is 0 Å². The van der Waals surface area contributed by atoms with Crippen LogP contribution in [-0.2, 0) is 6.18 Å². The van der Waals surface area contributed by atoms with E-state index in [9.17, 15) is 22.0 Å². The first-order valence-electron chi connectivity index (χ1n) is 6.09. The lowest BCUT2D eigenvalue weighted by molar-refractivity contribution is -0.140. The molecule has 0 aliphatic rings. The molecule has 0 spiro atoms. The Bertz CT molecular complexity index is 664. The third kappa shape index (κ3) is 3.05. The van der Waals surface area contributed by atoms with Gasteiger partial charge in [-0.15, -0.1) is 0 Å². The Morgan fingerprint density at radius 2 is 1.71 bits per heavy atom. The molecule has 21 heavy (non-hydrogen) atoms. The van der Waals surface area contributed by atoms with Gasteiger partial charge in [0, 0.05) is 5.56 Å². The lowest BCUT2D eigenvalue weighted by Crippen LogP contribution is -2.16. The van der Waals surface area contributed by atoms with Crippen LogP contribution in [0.3, 0.4) is 0 Å². The molecule has 0 heterocycles. The first-order chi connectivity index (χ1) is 9.71. The zero-order chi connectivity index (χ0) is 15.8. The van der Waals surface area contributed by atoms with Crippen molar-refractivity contribution >= 4 is 0 Å². The first kappa shape index (κ1) is 15.4. The average molecular weight is 301 g/mol. The third-order valence-electron chi connectivity index (χ3n) is 3.21. The first-order valence-corrected chi connectivity index (χ1v) is 6.09. The fourth-order valence-electron chi connectivity index (χ4n) is 2.04. The van der Waals surface area contributed by atoms with E-state index in [2.05, 4.69) is 0 Å². The summed E-state index contributed by atoms with van der Waals surface area (Å²) < 4.78 is 65.3. The molecule has 1 unspecified atom stereocenters. The van der Waals surface area contributed by atoms with Crippen LogP contribution in [0.1, 0.15) is 28.3 Å². The van der Waals surface area contributed by atoms with Gasteiger partial charge in [-0.3, -0.25) is 0 Å². The molecule has 6 heteroatoms. The van der Waals surface area contributed by atoms with Crippen LogP contribution in [0.15, 0.2) is 36.4 Å². The molecule has 0 aliphatic carbocycles. The predicted octanol–water partition coefficient (Wildman–Crippen LogP) is 4.34. The van der Waals surface area contributed by atoms with Crippen molar-refractivity contribution in [1.29, 1.82) is 0 Å². The highest BCUT2D eigenvalue weighted by molar-refractivity contribution is 5.37. The second-order valence-corrected chi connectivity index (χ2v) is 4.69. The largest absolute Gasteiger partial charge is 0.419 e. The molecule has 1 nitrogen and oxygen atoms in total. The van der Waals surface area contributed by atoms with Crippen LogP contribution >= 0.6 is 0 Å². The SMILES string of the molecule is Cc1cccc(C(N)c2ccc(F)c(C(F)(F)F)c2)c1F. The number of alkyl halides is 3. The molecule has 0 radical (unpaired) electrons. The molecule has 0 bridgehead atoms. The fraction of sp³-hybridized carbons (Fsp3) is 0.200. The Labute approximate surface area is 118 Å². The number of hydrogen-bond acceptors (Lipinski definition) is 1. The van der Waals surface area contributed by atoms with Crippen molar-refractivity contribution in [3.8, 4) is 0 Å². The molecule has 2 aromatic carbocycles. The van der Waals surface area contributed by atoms with Gasteiger partial charge in [0.05, 0.1) is 11.6 Å². The Morgan fingerprint density at radius 1 is 1.05 bits per heavy atom. The molecule has 0 amide bonds. The van der Waals surface area contributed by atoms with Gasteiger partial charge in [0.2, 0.25) is 0 Å². The Hall–Kier alpha value is -1.95. The minimum atomic E-state index is -4.83. The molecular weight excluding hydrogens is 289 g/mol. The third-order valence-corrected chi connectivity index (χ3v) is 3.21. The van der Waals surface area contributed by atoms with Gasteiger partial charge in [-0.05, 0) is 30.2 Å². The van der Waals surface area contributed by atoms with Crippen molar-refractivity contribution in [2.45, 2.75) is 19.1 Å². The number of halogens is 5. The van der Waals surface area contributed by atoms with Crippen LogP contribution in [0.5, 0.6) is 0 Å². The van der Waals surface area contributed by atoms with Gasteiger partial charge in [0.25, 0.3) is 0 Å². The maximum atomic E-state index is 14.0. The molecule has 1 atom stereocenters. The summed E-state index contributed by atoms with van der Waals surface area (Å²) in [6, 6.07) is 5.79. The van der Waals surface area contributed by atoms with Gasteiger partial charge in [0.1, 0.15) is 11.6 Å². The molecular formula is C15H12F5N. The van der Waals surface area contributed by atoms with E-state index in [4.69, 9.17) is 5.73 Å². The summed E-state index contributed by atoms with van der Waals surface area (Å²) >= 11 is 0. The summed E-state index contributed by atoms with van der Waals surface area (Å²) in [7, 11) is 0. The van der Waals surface area contributed by atoms with Gasteiger partial charge in [-0.1, -0.05) is 24.3 Å². The summed E-state index contributed by atoms with van der Waals surface area (Å²) in [4.78, 5) is 0. The second kappa shape index (κ2) is 5.44. The summed E-state index contributed by atoms with van der Waals surface area (Å²) in [6.07, 6.45) is -4.83. The van der Waals surface area contributed by atoms with E-state index >= 15 is 0 Å². The van der Waals surface area contributed by atoms with E-state index in [0.29, 0.717) is 17.7 Å². The van der Waals surface area contributed by atoms with Gasteiger partial charge >= 0.3 is 6.18 Å². The smallest absolute Gasteiger partial charge is 0.320 e. The average Bonchev–Trinajstić information content (AvgIpc) is 2.40. The summed E-state index contributed by atoms with van der Waals surface area (Å²) in [5, 5.41) is 0. The van der Waals surface area contributed by atoms with Gasteiger partial charge in [-0.2, -0.15) is 13.2 Å².